The van der Waals surface area contributed by atoms with Crippen LogP contribution in [-0.2, 0) is 28.5 Å². The number of hydrogen-bond acceptors (Lipinski definition) is 11. The molecule has 0 aromatic carbocycles. The van der Waals surface area contributed by atoms with Crippen molar-refractivity contribution in [2.24, 2.45) is 0 Å². The Morgan fingerprint density at radius 2 is 1.50 bits per heavy atom. The lowest BCUT2D eigenvalue weighted by atomic mass is 9.96. The van der Waals surface area contributed by atoms with Crippen LogP contribution in [-0.4, -0.2) is 118 Å². The van der Waals surface area contributed by atoms with Gasteiger partial charge in [-0.1, -0.05) is 26.7 Å². The molecule has 2 aliphatic heterocycles. The number of ether oxygens (including phenoxy) is 5. The van der Waals surface area contributed by atoms with E-state index in [4.69, 9.17) is 23.7 Å². The lowest BCUT2D eigenvalue weighted by Gasteiger charge is -2.46. The summed E-state index contributed by atoms with van der Waals surface area (Å²) in [5.74, 6) is -1.57. The summed E-state index contributed by atoms with van der Waals surface area (Å²) in [4.78, 5) is 11.3. The van der Waals surface area contributed by atoms with Gasteiger partial charge >= 0.3 is 5.97 Å². The maximum absolute atomic E-state index is 11.3. The zero-order valence-electron chi connectivity index (χ0n) is 18.4. The van der Waals surface area contributed by atoms with Crippen LogP contribution in [0.3, 0.4) is 0 Å². The Labute approximate surface area is 186 Å². The van der Waals surface area contributed by atoms with Gasteiger partial charge in [-0.25, -0.2) is 4.79 Å². The first kappa shape index (κ1) is 27.3. The number of aliphatic hydroxyl groups is 5. The second kappa shape index (κ2) is 13.1. The molecular formula is C20H36O12. The Kier molecular flexibility index (Phi) is 11.2. The second-order valence-corrected chi connectivity index (χ2v) is 8.01. The molecule has 188 valence electrons. The van der Waals surface area contributed by atoms with Gasteiger partial charge in [-0.05, 0) is 12.8 Å². The molecule has 2 heterocycles. The molecule has 0 amide bonds. The number of carboxylic acids is 1. The van der Waals surface area contributed by atoms with Crippen molar-refractivity contribution in [3.63, 3.8) is 0 Å². The minimum absolute atomic E-state index is 0.0487. The number of unbranched alkanes of at least 4 members (excludes halogenated alkanes) is 2. The van der Waals surface area contributed by atoms with Crippen molar-refractivity contribution in [3.8, 4) is 0 Å². The molecule has 0 radical (unpaired) electrons. The van der Waals surface area contributed by atoms with Crippen molar-refractivity contribution in [1.82, 2.24) is 0 Å². The molecule has 12 nitrogen and oxygen atoms in total. The highest BCUT2D eigenvalue weighted by Gasteiger charge is 2.52. The van der Waals surface area contributed by atoms with E-state index in [-0.39, 0.29) is 13.2 Å². The molecule has 2 rings (SSSR count). The molecule has 2 aliphatic rings. The number of aliphatic hydroxyl groups excluding tert-OH is 5. The Hall–Kier alpha value is -0.930. The standard InChI is InChI=1S/C20H36O12/c1-3-5-7-28-9-10-11(21)15(17(19(27)30-10)29-8-6-4-2)31-20-14(24)12(22)13(23)16(32-20)18(25)26/h10-17,19-24,27H,3-9H2,1-2H3,(H,25,26)/t10?,11-,12?,13-,14?,15?,16?,17?,19+,20+/m0/s1. The Bertz CT molecular complexity index is 563. The van der Waals surface area contributed by atoms with Crippen LogP contribution in [0.1, 0.15) is 39.5 Å². The van der Waals surface area contributed by atoms with Crippen LogP contribution in [0.5, 0.6) is 0 Å². The van der Waals surface area contributed by atoms with Crippen LogP contribution in [0.15, 0.2) is 0 Å². The van der Waals surface area contributed by atoms with E-state index in [1.807, 2.05) is 13.8 Å². The van der Waals surface area contributed by atoms with Crippen LogP contribution in [0, 0.1) is 0 Å². The number of hydrogen-bond donors (Lipinski definition) is 6. The van der Waals surface area contributed by atoms with Crippen LogP contribution in [0.4, 0.5) is 0 Å². The van der Waals surface area contributed by atoms with Crippen LogP contribution >= 0.6 is 0 Å². The Morgan fingerprint density at radius 3 is 2.12 bits per heavy atom. The largest absolute Gasteiger partial charge is 0.479 e. The molecule has 0 aliphatic carbocycles. The van der Waals surface area contributed by atoms with E-state index >= 15 is 0 Å². The lowest BCUT2D eigenvalue weighted by molar-refractivity contribution is -0.356. The predicted octanol–water partition coefficient (Wildman–Crippen LogP) is -1.66. The van der Waals surface area contributed by atoms with E-state index in [0.29, 0.717) is 13.0 Å². The lowest BCUT2D eigenvalue weighted by Crippen LogP contribution is -2.65. The first-order chi connectivity index (χ1) is 15.2. The van der Waals surface area contributed by atoms with Gasteiger partial charge in [0.15, 0.2) is 18.7 Å². The van der Waals surface area contributed by atoms with Crippen molar-refractivity contribution >= 4 is 5.97 Å². The van der Waals surface area contributed by atoms with E-state index in [1.165, 1.54) is 0 Å². The van der Waals surface area contributed by atoms with Gasteiger partial charge in [-0.15, -0.1) is 0 Å². The number of carbonyl (C=O) groups is 1. The first-order valence-corrected chi connectivity index (χ1v) is 11.0. The van der Waals surface area contributed by atoms with Gasteiger partial charge < -0.3 is 54.3 Å². The molecule has 2 saturated heterocycles. The van der Waals surface area contributed by atoms with E-state index in [2.05, 4.69) is 0 Å². The maximum Gasteiger partial charge on any atom is 0.335 e. The van der Waals surface area contributed by atoms with E-state index < -0.39 is 67.4 Å². The molecule has 6 N–H and O–H groups in total. The minimum Gasteiger partial charge on any atom is -0.479 e. The highest BCUT2D eigenvalue weighted by atomic mass is 16.7. The average Bonchev–Trinajstić information content (AvgIpc) is 2.75. The molecular weight excluding hydrogens is 432 g/mol. The van der Waals surface area contributed by atoms with Gasteiger partial charge in [0.05, 0.1) is 6.61 Å². The fourth-order valence-corrected chi connectivity index (χ4v) is 3.51. The molecule has 6 unspecified atom stereocenters. The predicted molar refractivity (Wildman–Crippen MR) is 106 cm³/mol. The zero-order valence-corrected chi connectivity index (χ0v) is 18.4. The Morgan fingerprint density at radius 1 is 0.844 bits per heavy atom. The van der Waals surface area contributed by atoms with E-state index in [9.17, 15) is 35.4 Å². The fraction of sp³-hybridized carbons (Fsp3) is 0.950. The highest BCUT2D eigenvalue weighted by molar-refractivity contribution is 5.73. The van der Waals surface area contributed by atoms with Gasteiger partial charge in [0, 0.05) is 13.2 Å². The average molecular weight is 468 g/mol. The summed E-state index contributed by atoms with van der Waals surface area (Å²) in [6.07, 6.45) is -12.4. The summed E-state index contributed by atoms with van der Waals surface area (Å²) in [5, 5.41) is 60.7. The molecule has 32 heavy (non-hydrogen) atoms. The summed E-state index contributed by atoms with van der Waals surface area (Å²) < 4.78 is 27.4. The van der Waals surface area contributed by atoms with E-state index in [1.54, 1.807) is 0 Å². The number of carboxylic acid groups (broad SMARTS) is 1. The molecule has 0 bridgehead atoms. The topological polar surface area (TPSA) is 185 Å². The third-order valence-corrected chi connectivity index (χ3v) is 5.47. The summed E-state index contributed by atoms with van der Waals surface area (Å²) in [7, 11) is 0. The molecule has 0 aromatic heterocycles. The van der Waals surface area contributed by atoms with Gasteiger partial charge in [0.2, 0.25) is 0 Å². The molecule has 2 fully saturated rings. The molecule has 0 spiro atoms. The molecule has 0 saturated carbocycles. The van der Waals surface area contributed by atoms with Crippen LogP contribution < -0.4 is 0 Å². The van der Waals surface area contributed by atoms with E-state index in [0.717, 1.165) is 19.3 Å². The van der Waals surface area contributed by atoms with Crippen molar-refractivity contribution in [1.29, 1.82) is 0 Å². The van der Waals surface area contributed by atoms with Gasteiger partial charge in [-0.2, -0.15) is 0 Å². The van der Waals surface area contributed by atoms with Crippen molar-refractivity contribution < 1.29 is 59.1 Å². The first-order valence-electron chi connectivity index (χ1n) is 11.0. The minimum atomic E-state index is -1.89. The van der Waals surface area contributed by atoms with Gasteiger partial charge in [-0.3, -0.25) is 0 Å². The third kappa shape index (κ3) is 6.79. The number of aliphatic carboxylic acids is 1. The monoisotopic (exact) mass is 468 g/mol. The van der Waals surface area contributed by atoms with Crippen LogP contribution in [0.2, 0.25) is 0 Å². The molecule has 12 heteroatoms. The number of rotatable bonds is 12. The summed E-state index contributed by atoms with van der Waals surface area (Å²) in [5.41, 5.74) is 0. The smallest absolute Gasteiger partial charge is 0.335 e. The second-order valence-electron chi connectivity index (χ2n) is 8.01. The quantitative estimate of drug-likeness (QED) is 0.179. The van der Waals surface area contributed by atoms with Crippen molar-refractivity contribution in [2.75, 3.05) is 19.8 Å². The van der Waals surface area contributed by atoms with Crippen molar-refractivity contribution in [3.05, 3.63) is 0 Å². The molecule has 0 aromatic rings. The van der Waals surface area contributed by atoms with Crippen molar-refractivity contribution in [2.45, 2.75) is 101 Å². The molecule has 10 atom stereocenters. The zero-order chi connectivity index (χ0) is 23.8. The Balaban J connectivity index is 2.17. The van der Waals surface area contributed by atoms with Crippen LogP contribution in [0.25, 0.3) is 0 Å². The summed E-state index contributed by atoms with van der Waals surface area (Å²) in [6.45, 7) is 4.53. The highest BCUT2D eigenvalue weighted by Crippen LogP contribution is 2.30. The SMILES string of the molecule is CCCCOCC1O[C@@H](O)C(OCCCC)C(O[C@@H]2OC(C(=O)O)[C@@H](O)C(O)C2O)[C@H]1O. The van der Waals surface area contributed by atoms with Gasteiger partial charge in [0.25, 0.3) is 0 Å². The fourth-order valence-electron chi connectivity index (χ4n) is 3.51. The normalized spacial score (nSPS) is 40.3. The third-order valence-electron chi connectivity index (χ3n) is 5.47. The van der Waals surface area contributed by atoms with Gasteiger partial charge in [0.1, 0.15) is 42.7 Å². The summed E-state index contributed by atoms with van der Waals surface area (Å²) in [6, 6.07) is 0. The summed E-state index contributed by atoms with van der Waals surface area (Å²) >= 11 is 0. The maximum atomic E-state index is 11.3.